The van der Waals surface area contributed by atoms with Gasteiger partial charge in [0.2, 0.25) is 0 Å². The van der Waals surface area contributed by atoms with Crippen molar-refractivity contribution in [3.63, 3.8) is 0 Å². The number of rotatable bonds is 3. The summed E-state index contributed by atoms with van der Waals surface area (Å²) >= 11 is 8.10. The Labute approximate surface area is 184 Å². The van der Waals surface area contributed by atoms with Crippen LogP contribution in [0.2, 0.25) is 5.02 Å². The van der Waals surface area contributed by atoms with Crippen molar-refractivity contribution in [2.45, 2.75) is 25.4 Å². The van der Waals surface area contributed by atoms with Crippen LogP contribution in [0.4, 0.5) is 11.4 Å². The van der Waals surface area contributed by atoms with Gasteiger partial charge in [0.05, 0.1) is 11.1 Å². The molecular formula is C25H21ClN2OS. The number of fused-ring (bicyclic) bond motifs is 2. The zero-order valence-electron chi connectivity index (χ0n) is 16.5. The fourth-order valence-corrected chi connectivity index (χ4v) is 5.70. The minimum Gasteiger partial charge on any atom is -0.378 e. The van der Waals surface area contributed by atoms with Crippen LogP contribution in [-0.4, -0.2) is 11.9 Å². The third-order valence-electron chi connectivity index (χ3n) is 5.65. The number of carbonyl (C=O) groups is 1. The van der Waals surface area contributed by atoms with E-state index in [2.05, 4.69) is 30.4 Å². The van der Waals surface area contributed by atoms with Crippen LogP contribution in [0.1, 0.15) is 34.6 Å². The van der Waals surface area contributed by atoms with Crippen LogP contribution in [0, 0.1) is 0 Å². The van der Waals surface area contributed by atoms with Gasteiger partial charge < -0.3 is 10.2 Å². The lowest BCUT2D eigenvalue weighted by atomic mass is 9.91. The van der Waals surface area contributed by atoms with Gasteiger partial charge in [-0.1, -0.05) is 66.2 Å². The summed E-state index contributed by atoms with van der Waals surface area (Å²) in [5, 5.41) is 5.13. The molecule has 0 radical (unpaired) electrons. The highest BCUT2D eigenvalue weighted by Crippen LogP contribution is 2.42. The Morgan fingerprint density at radius 1 is 1.00 bits per heavy atom. The number of hydrogen-bond acceptors (Lipinski definition) is 3. The Balaban J connectivity index is 1.54. The van der Waals surface area contributed by atoms with Gasteiger partial charge in [-0.25, -0.2) is 0 Å². The van der Waals surface area contributed by atoms with Crippen molar-refractivity contribution in [1.29, 1.82) is 0 Å². The molecular weight excluding hydrogens is 412 g/mol. The lowest BCUT2D eigenvalue weighted by Crippen LogP contribution is -2.44. The Bertz CT molecular complexity index is 1220. The molecule has 150 valence electrons. The van der Waals surface area contributed by atoms with Crippen LogP contribution in [0.3, 0.4) is 0 Å². The SMILES string of the molecule is CC1CC(Nc2ccccc2)c2ccccc2N1C(=O)c1sc2ccccc2c1Cl. The summed E-state index contributed by atoms with van der Waals surface area (Å²) in [6.45, 7) is 2.11. The van der Waals surface area contributed by atoms with Crippen LogP contribution in [0.15, 0.2) is 78.9 Å². The molecule has 0 aliphatic carbocycles. The molecule has 1 aliphatic rings. The molecule has 4 aromatic rings. The number of carbonyl (C=O) groups excluding carboxylic acids is 1. The topological polar surface area (TPSA) is 32.3 Å². The molecule has 3 nitrogen and oxygen atoms in total. The molecule has 0 bridgehead atoms. The quantitative estimate of drug-likeness (QED) is 0.373. The van der Waals surface area contributed by atoms with Gasteiger partial charge >= 0.3 is 0 Å². The van der Waals surface area contributed by atoms with E-state index in [-0.39, 0.29) is 18.0 Å². The van der Waals surface area contributed by atoms with Gasteiger partial charge in [-0.3, -0.25) is 4.79 Å². The first-order valence-electron chi connectivity index (χ1n) is 10.0. The van der Waals surface area contributed by atoms with E-state index in [0.717, 1.165) is 33.4 Å². The summed E-state index contributed by atoms with van der Waals surface area (Å²) in [7, 11) is 0. The minimum absolute atomic E-state index is 0.0284. The van der Waals surface area contributed by atoms with Gasteiger partial charge in [0.25, 0.3) is 5.91 Å². The molecule has 1 aromatic heterocycles. The van der Waals surface area contributed by atoms with Crippen LogP contribution in [0.25, 0.3) is 10.1 Å². The van der Waals surface area contributed by atoms with E-state index in [4.69, 9.17) is 11.6 Å². The van der Waals surface area contributed by atoms with Crippen molar-refractivity contribution in [3.8, 4) is 0 Å². The summed E-state index contributed by atoms with van der Waals surface area (Å²) < 4.78 is 1.03. The smallest absolute Gasteiger partial charge is 0.270 e. The molecule has 0 saturated carbocycles. The Kier molecular flexibility index (Phi) is 4.97. The first-order valence-corrected chi connectivity index (χ1v) is 11.2. The predicted octanol–water partition coefficient (Wildman–Crippen LogP) is 7.15. The summed E-state index contributed by atoms with van der Waals surface area (Å²) in [5.41, 5.74) is 3.16. The molecule has 2 unspecified atom stereocenters. The van der Waals surface area contributed by atoms with Crippen LogP contribution in [-0.2, 0) is 0 Å². The average Bonchev–Trinajstić information content (AvgIpc) is 3.11. The number of hydrogen-bond donors (Lipinski definition) is 1. The Hall–Kier alpha value is -2.82. The maximum atomic E-state index is 13.7. The standard InChI is InChI=1S/C25H21ClN2OS/c1-16-15-20(27-17-9-3-2-4-10-17)18-11-5-7-13-21(18)28(16)25(29)24-23(26)19-12-6-8-14-22(19)30-24/h2-14,16,20,27H,15H2,1H3. The van der Waals surface area contributed by atoms with E-state index in [0.29, 0.717) is 9.90 Å². The fraction of sp³-hybridized carbons (Fsp3) is 0.160. The normalized spacial score (nSPS) is 18.3. The second-order valence-electron chi connectivity index (χ2n) is 7.62. The highest BCUT2D eigenvalue weighted by atomic mass is 35.5. The maximum Gasteiger partial charge on any atom is 0.270 e. The first kappa shape index (κ1) is 19.2. The number of nitrogens with zero attached hydrogens (tertiary/aromatic N) is 1. The van der Waals surface area contributed by atoms with Gasteiger partial charge in [-0.05, 0) is 43.2 Å². The van der Waals surface area contributed by atoms with Crippen molar-refractivity contribution in [2.75, 3.05) is 10.2 Å². The van der Waals surface area contributed by atoms with E-state index in [9.17, 15) is 4.79 Å². The molecule has 1 aliphatic heterocycles. The van der Waals surface area contributed by atoms with Crippen molar-refractivity contribution in [1.82, 2.24) is 0 Å². The third kappa shape index (κ3) is 3.26. The molecule has 1 N–H and O–H groups in total. The number of nitrogens with one attached hydrogen (secondary N) is 1. The predicted molar refractivity (Wildman–Crippen MR) is 127 cm³/mol. The van der Waals surface area contributed by atoms with E-state index in [1.807, 2.05) is 65.6 Å². The number of thiophene rings is 1. The zero-order valence-corrected chi connectivity index (χ0v) is 18.1. The van der Waals surface area contributed by atoms with E-state index >= 15 is 0 Å². The van der Waals surface area contributed by atoms with Crippen molar-refractivity contribution < 1.29 is 4.79 Å². The largest absolute Gasteiger partial charge is 0.378 e. The molecule has 30 heavy (non-hydrogen) atoms. The molecule has 2 atom stereocenters. The number of anilines is 2. The van der Waals surface area contributed by atoms with Crippen LogP contribution in [0.5, 0.6) is 0 Å². The zero-order chi connectivity index (χ0) is 20.7. The highest BCUT2D eigenvalue weighted by molar-refractivity contribution is 7.21. The van der Waals surface area contributed by atoms with Gasteiger partial charge in [-0.2, -0.15) is 0 Å². The van der Waals surface area contributed by atoms with Crippen molar-refractivity contribution in [3.05, 3.63) is 94.3 Å². The Morgan fingerprint density at radius 2 is 1.70 bits per heavy atom. The molecule has 2 heterocycles. The van der Waals surface area contributed by atoms with Crippen LogP contribution >= 0.6 is 22.9 Å². The van der Waals surface area contributed by atoms with Gasteiger partial charge in [0.15, 0.2) is 0 Å². The van der Waals surface area contributed by atoms with Gasteiger partial charge in [0.1, 0.15) is 4.88 Å². The summed E-state index contributed by atoms with van der Waals surface area (Å²) in [6.07, 6.45) is 0.820. The molecule has 5 rings (SSSR count). The second kappa shape index (κ2) is 7.78. The summed E-state index contributed by atoms with van der Waals surface area (Å²) in [6, 6.07) is 26.5. The van der Waals surface area contributed by atoms with E-state index < -0.39 is 0 Å². The van der Waals surface area contributed by atoms with E-state index in [1.54, 1.807) is 0 Å². The van der Waals surface area contributed by atoms with Crippen molar-refractivity contribution in [2.24, 2.45) is 0 Å². The number of benzene rings is 3. The van der Waals surface area contributed by atoms with Crippen LogP contribution < -0.4 is 10.2 Å². The molecule has 3 aromatic carbocycles. The fourth-order valence-electron chi connectivity index (χ4n) is 4.26. The lowest BCUT2D eigenvalue weighted by molar-refractivity contribution is 0.0978. The molecule has 0 spiro atoms. The number of amides is 1. The third-order valence-corrected chi connectivity index (χ3v) is 7.32. The van der Waals surface area contributed by atoms with E-state index in [1.165, 1.54) is 11.3 Å². The summed E-state index contributed by atoms with van der Waals surface area (Å²) in [5.74, 6) is -0.0284. The minimum atomic E-state index is -0.0284. The maximum absolute atomic E-state index is 13.7. The van der Waals surface area contributed by atoms with Gasteiger partial charge in [0, 0.05) is 27.5 Å². The molecule has 1 amide bonds. The van der Waals surface area contributed by atoms with Crippen molar-refractivity contribution >= 4 is 50.3 Å². The molecule has 5 heteroatoms. The van der Waals surface area contributed by atoms with Gasteiger partial charge in [-0.15, -0.1) is 11.3 Å². The Morgan fingerprint density at radius 3 is 2.50 bits per heavy atom. The molecule has 0 fully saturated rings. The second-order valence-corrected chi connectivity index (χ2v) is 9.05. The lowest BCUT2D eigenvalue weighted by Gasteiger charge is -2.39. The number of halogens is 1. The summed E-state index contributed by atoms with van der Waals surface area (Å²) in [4.78, 5) is 16.2. The first-order chi connectivity index (χ1) is 14.6. The average molecular weight is 433 g/mol. The molecule has 0 saturated heterocycles. The monoisotopic (exact) mass is 432 g/mol. The number of para-hydroxylation sites is 2. The highest BCUT2D eigenvalue weighted by Gasteiger charge is 2.35.